The van der Waals surface area contributed by atoms with E-state index in [4.69, 9.17) is 4.74 Å². The van der Waals surface area contributed by atoms with Gasteiger partial charge in [-0.2, -0.15) is 0 Å². The summed E-state index contributed by atoms with van der Waals surface area (Å²) < 4.78 is 7.53. The Morgan fingerprint density at radius 1 is 1.45 bits per heavy atom. The Morgan fingerprint density at radius 3 is 3.10 bits per heavy atom. The van der Waals surface area contributed by atoms with Gasteiger partial charge in [-0.1, -0.05) is 0 Å². The molecule has 0 bridgehead atoms. The van der Waals surface area contributed by atoms with Crippen molar-refractivity contribution in [1.29, 1.82) is 0 Å². The maximum Gasteiger partial charge on any atom is 0.203 e. The molecule has 0 saturated heterocycles. The van der Waals surface area contributed by atoms with Crippen LogP contribution in [-0.4, -0.2) is 34.3 Å². The summed E-state index contributed by atoms with van der Waals surface area (Å²) in [5.41, 5.74) is 4.04. The Labute approximate surface area is 124 Å². The number of hydrogen-bond donors (Lipinski definition) is 1. The van der Waals surface area contributed by atoms with E-state index in [9.17, 15) is 0 Å². The molecule has 0 aliphatic rings. The van der Waals surface area contributed by atoms with Crippen LogP contribution in [0.25, 0.3) is 0 Å². The molecule has 2 aromatic heterocycles. The second-order valence-electron chi connectivity index (χ2n) is 4.61. The SMILES string of the molecule is CCOCCCn1cc(C)nc1NCCc1cscn1. The number of aryl methyl sites for hydroxylation is 2. The number of rotatable bonds is 9. The molecule has 2 aromatic rings. The van der Waals surface area contributed by atoms with Crippen molar-refractivity contribution in [1.82, 2.24) is 14.5 Å². The van der Waals surface area contributed by atoms with E-state index in [1.807, 2.05) is 19.4 Å². The van der Waals surface area contributed by atoms with Crippen LogP contribution in [0.4, 0.5) is 5.95 Å². The summed E-state index contributed by atoms with van der Waals surface area (Å²) in [5, 5.41) is 5.47. The molecule has 20 heavy (non-hydrogen) atoms. The van der Waals surface area contributed by atoms with Crippen LogP contribution in [0.15, 0.2) is 17.1 Å². The summed E-state index contributed by atoms with van der Waals surface area (Å²) in [7, 11) is 0. The van der Waals surface area contributed by atoms with Crippen LogP contribution in [0.1, 0.15) is 24.7 Å². The van der Waals surface area contributed by atoms with Crippen molar-refractivity contribution in [2.45, 2.75) is 33.2 Å². The lowest BCUT2D eigenvalue weighted by molar-refractivity contribution is 0.142. The molecule has 2 heterocycles. The van der Waals surface area contributed by atoms with E-state index in [0.29, 0.717) is 0 Å². The second kappa shape index (κ2) is 8.01. The molecule has 0 fully saturated rings. The van der Waals surface area contributed by atoms with Crippen LogP contribution in [-0.2, 0) is 17.7 Å². The van der Waals surface area contributed by atoms with E-state index >= 15 is 0 Å². The summed E-state index contributed by atoms with van der Waals surface area (Å²) in [6.07, 6.45) is 4.01. The zero-order chi connectivity index (χ0) is 14.2. The third-order valence-corrected chi connectivity index (χ3v) is 3.57. The number of aromatic nitrogens is 3. The van der Waals surface area contributed by atoms with E-state index in [1.54, 1.807) is 11.3 Å². The Bertz CT molecular complexity index is 495. The number of imidazole rings is 1. The topological polar surface area (TPSA) is 52.0 Å². The van der Waals surface area contributed by atoms with Gasteiger partial charge in [0, 0.05) is 44.3 Å². The monoisotopic (exact) mass is 294 g/mol. The van der Waals surface area contributed by atoms with Crippen molar-refractivity contribution in [3.63, 3.8) is 0 Å². The first kappa shape index (κ1) is 15.0. The lowest BCUT2D eigenvalue weighted by Crippen LogP contribution is -2.11. The fraction of sp³-hybridized carbons (Fsp3) is 0.571. The highest BCUT2D eigenvalue weighted by Crippen LogP contribution is 2.10. The van der Waals surface area contributed by atoms with Gasteiger partial charge in [0.1, 0.15) is 0 Å². The molecular weight excluding hydrogens is 272 g/mol. The molecule has 1 N–H and O–H groups in total. The van der Waals surface area contributed by atoms with E-state index < -0.39 is 0 Å². The molecule has 0 aliphatic carbocycles. The highest BCUT2D eigenvalue weighted by atomic mass is 32.1. The fourth-order valence-electron chi connectivity index (χ4n) is 2.00. The summed E-state index contributed by atoms with van der Waals surface area (Å²) in [5.74, 6) is 0.939. The zero-order valence-electron chi connectivity index (χ0n) is 12.1. The molecule has 0 spiro atoms. The lowest BCUT2D eigenvalue weighted by atomic mass is 10.3. The first-order valence-corrected chi connectivity index (χ1v) is 7.96. The first-order chi connectivity index (χ1) is 9.79. The minimum absolute atomic E-state index is 0.779. The number of ether oxygens (including phenoxy) is 1. The van der Waals surface area contributed by atoms with Crippen LogP contribution in [0.3, 0.4) is 0 Å². The largest absolute Gasteiger partial charge is 0.382 e. The van der Waals surface area contributed by atoms with Crippen LogP contribution in [0, 0.1) is 6.92 Å². The van der Waals surface area contributed by atoms with Gasteiger partial charge in [0.15, 0.2) is 0 Å². The summed E-state index contributed by atoms with van der Waals surface area (Å²) >= 11 is 1.64. The van der Waals surface area contributed by atoms with Gasteiger partial charge >= 0.3 is 0 Å². The van der Waals surface area contributed by atoms with Gasteiger partial charge in [0.2, 0.25) is 5.95 Å². The molecule has 5 nitrogen and oxygen atoms in total. The maximum atomic E-state index is 5.37. The maximum absolute atomic E-state index is 5.37. The van der Waals surface area contributed by atoms with Crippen molar-refractivity contribution < 1.29 is 4.74 Å². The quantitative estimate of drug-likeness (QED) is 0.723. The standard InChI is InChI=1S/C14H22N4OS/c1-3-19-8-4-7-18-9-12(2)17-14(18)15-6-5-13-10-20-11-16-13/h9-11H,3-8H2,1-2H3,(H,15,17). The molecule has 2 rings (SSSR count). The third-order valence-electron chi connectivity index (χ3n) is 2.94. The van der Waals surface area contributed by atoms with Gasteiger partial charge in [-0.05, 0) is 20.3 Å². The summed E-state index contributed by atoms with van der Waals surface area (Å²) in [4.78, 5) is 8.80. The van der Waals surface area contributed by atoms with Crippen molar-refractivity contribution in [3.8, 4) is 0 Å². The third kappa shape index (κ3) is 4.61. The van der Waals surface area contributed by atoms with Crippen molar-refractivity contribution in [2.75, 3.05) is 25.1 Å². The zero-order valence-corrected chi connectivity index (χ0v) is 12.9. The molecular formula is C14H22N4OS. The molecule has 0 saturated carbocycles. The number of anilines is 1. The van der Waals surface area contributed by atoms with E-state index in [-0.39, 0.29) is 0 Å². The smallest absolute Gasteiger partial charge is 0.203 e. The van der Waals surface area contributed by atoms with Crippen LogP contribution in [0.2, 0.25) is 0 Å². The molecule has 6 heteroatoms. The molecule has 0 aromatic carbocycles. The Morgan fingerprint density at radius 2 is 2.35 bits per heavy atom. The number of thiazole rings is 1. The number of nitrogens with one attached hydrogen (secondary N) is 1. The molecule has 0 atom stereocenters. The second-order valence-corrected chi connectivity index (χ2v) is 5.33. The normalized spacial score (nSPS) is 10.9. The van der Waals surface area contributed by atoms with Gasteiger partial charge < -0.3 is 14.6 Å². The number of nitrogens with zero attached hydrogens (tertiary/aromatic N) is 3. The Kier molecular flexibility index (Phi) is 6.01. The lowest BCUT2D eigenvalue weighted by Gasteiger charge is -2.09. The highest BCUT2D eigenvalue weighted by Gasteiger charge is 2.05. The van der Waals surface area contributed by atoms with Gasteiger partial charge in [-0.25, -0.2) is 9.97 Å². The average molecular weight is 294 g/mol. The van der Waals surface area contributed by atoms with E-state index in [1.165, 1.54) is 0 Å². The summed E-state index contributed by atoms with van der Waals surface area (Å²) in [6.45, 7) is 7.40. The first-order valence-electron chi connectivity index (χ1n) is 7.02. The van der Waals surface area contributed by atoms with Crippen molar-refractivity contribution >= 4 is 17.3 Å². The highest BCUT2D eigenvalue weighted by molar-refractivity contribution is 7.07. The minimum atomic E-state index is 0.779. The molecule has 0 unspecified atom stereocenters. The fourth-order valence-corrected chi connectivity index (χ4v) is 2.60. The van der Waals surface area contributed by atoms with Crippen molar-refractivity contribution in [3.05, 3.63) is 28.5 Å². The van der Waals surface area contributed by atoms with E-state index in [2.05, 4.69) is 31.4 Å². The predicted octanol–water partition coefficient (Wildman–Crippen LogP) is 2.73. The Balaban J connectivity index is 1.80. The van der Waals surface area contributed by atoms with Crippen LogP contribution >= 0.6 is 11.3 Å². The molecule has 0 aliphatic heterocycles. The average Bonchev–Trinajstić information content (AvgIpc) is 3.05. The van der Waals surface area contributed by atoms with E-state index in [0.717, 1.165) is 56.5 Å². The Hall–Kier alpha value is -1.40. The van der Waals surface area contributed by atoms with Gasteiger partial charge in [-0.3, -0.25) is 0 Å². The van der Waals surface area contributed by atoms with Crippen LogP contribution in [0.5, 0.6) is 0 Å². The van der Waals surface area contributed by atoms with Gasteiger partial charge in [-0.15, -0.1) is 11.3 Å². The molecule has 110 valence electrons. The predicted molar refractivity (Wildman–Crippen MR) is 82.4 cm³/mol. The minimum Gasteiger partial charge on any atom is -0.382 e. The molecule has 0 amide bonds. The summed E-state index contributed by atoms with van der Waals surface area (Å²) in [6, 6.07) is 0. The number of hydrogen-bond acceptors (Lipinski definition) is 5. The van der Waals surface area contributed by atoms with Crippen LogP contribution < -0.4 is 5.32 Å². The molecule has 0 radical (unpaired) electrons. The van der Waals surface area contributed by atoms with Crippen molar-refractivity contribution in [2.24, 2.45) is 0 Å². The van der Waals surface area contributed by atoms with Gasteiger partial charge in [0.05, 0.1) is 16.9 Å². The van der Waals surface area contributed by atoms with Gasteiger partial charge in [0.25, 0.3) is 0 Å².